The highest BCUT2D eigenvalue weighted by atomic mass is 35.5. The molecule has 1 aliphatic heterocycles. The fourth-order valence-electron chi connectivity index (χ4n) is 3.18. The van der Waals surface area contributed by atoms with Gasteiger partial charge in [0.15, 0.2) is 0 Å². The number of anilines is 1. The number of amides is 1. The number of likely N-dealkylation sites (N-methyl/N-ethyl adjacent to an activating group) is 1. The van der Waals surface area contributed by atoms with Crippen molar-refractivity contribution in [2.75, 3.05) is 44.6 Å². The molecule has 1 fully saturated rings. The van der Waals surface area contributed by atoms with E-state index in [4.69, 9.17) is 5.73 Å². The first-order chi connectivity index (χ1) is 13.0. The van der Waals surface area contributed by atoms with E-state index >= 15 is 0 Å². The summed E-state index contributed by atoms with van der Waals surface area (Å²) in [5, 5.41) is 2.81. The Kier molecular flexibility index (Phi) is 13.7. The molecule has 0 aromatic heterocycles. The second-order valence-corrected chi connectivity index (χ2v) is 8.81. The average Bonchev–Trinajstić information content (AvgIpc) is 2.68. The van der Waals surface area contributed by atoms with E-state index in [2.05, 4.69) is 17.1 Å². The SMILES string of the molecule is CCN1CCN(S(=O)(=O)c2cccc(NC(=O)CCCCCCN)c2)CC1.Cl.Cl. The van der Waals surface area contributed by atoms with Gasteiger partial charge in [-0.05, 0) is 44.1 Å². The van der Waals surface area contributed by atoms with Gasteiger partial charge in [0, 0.05) is 38.3 Å². The van der Waals surface area contributed by atoms with Crippen LogP contribution >= 0.6 is 24.8 Å². The van der Waals surface area contributed by atoms with Crippen molar-refractivity contribution < 1.29 is 13.2 Å². The topological polar surface area (TPSA) is 95.7 Å². The third kappa shape index (κ3) is 8.78. The zero-order valence-electron chi connectivity index (χ0n) is 17.0. The molecular formula is C19H34Cl2N4O3S. The number of rotatable bonds is 10. The molecule has 1 saturated heterocycles. The molecule has 7 nitrogen and oxygen atoms in total. The lowest BCUT2D eigenvalue weighted by atomic mass is 10.1. The van der Waals surface area contributed by atoms with Crippen LogP contribution in [0.4, 0.5) is 5.69 Å². The van der Waals surface area contributed by atoms with Crippen LogP contribution in [0.5, 0.6) is 0 Å². The summed E-state index contributed by atoms with van der Waals surface area (Å²) in [7, 11) is -3.54. The molecule has 0 unspecified atom stereocenters. The monoisotopic (exact) mass is 468 g/mol. The first-order valence-corrected chi connectivity index (χ1v) is 11.2. The number of hydrogen-bond donors (Lipinski definition) is 2. The van der Waals surface area contributed by atoms with Gasteiger partial charge in [-0.15, -0.1) is 24.8 Å². The smallest absolute Gasteiger partial charge is 0.243 e. The van der Waals surface area contributed by atoms with E-state index < -0.39 is 10.0 Å². The van der Waals surface area contributed by atoms with Crippen LogP contribution in [0.25, 0.3) is 0 Å². The van der Waals surface area contributed by atoms with Crippen LogP contribution < -0.4 is 11.1 Å². The second-order valence-electron chi connectivity index (χ2n) is 6.87. The molecule has 0 spiro atoms. The number of halogens is 2. The number of hydrogen-bond acceptors (Lipinski definition) is 5. The van der Waals surface area contributed by atoms with Crippen LogP contribution in [0, 0.1) is 0 Å². The van der Waals surface area contributed by atoms with Crippen LogP contribution in [0.2, 0.25) is 0 Å². The Hall–Kier alpha value is -0.900. The molecule has 1 aliphatic rings. The van der Waals surface area contributed by atoms with E-state index in [9.17, 15) is 13.2 Å². The number of nitrogens with zero attached hydrogens (tertiary/aromatic N) is 2. The molecule has 0 radical (unpaired) electrons. The summed E-state index contributed by atoms with van der Waals surface area (Å²) in [4.78, 5) is 14.5. The summed E-state index contributed by atoms with van der Waals surface area (Å²) in [5.74, 6) is -0.0890. The summed E-state index contributed by atoms with van der Waals surface area (Å²) < 4.78 is 27.3. The lowest BCUT2D eigenvalue weighted by Gasteiger charge is -2.33. The molecule has 1 aromatic carbocycles. The van der Waals surface area contributed by atoms with Crippen molar-refractivity contribution in [3.05, 3.63) is 24.3 Å². The lowest BCUT2D eigenvalue weighted by Crippen LogP contribution is -2.48. The fraction of sp³-hybridized carbons (Fsp3) is 0.632. The number of carbonyl (C=O) groups excluding carboxylic acids is 1. The highest BCUT2D eigenvalue weighted by Crippen LogP contribution is 2.21. The van der Waals surface area contributed by atoms with Crippen molar-refractivity contribution >= 4 is 46.4 Å². The number of sulfonamides is 1. The summed E-state index contributed by atoms with van der Waals surface area (Å²) in [5.41, 5.74) is 5.98. The predicted octanol–water partition coefficient (Wildman–Crippen LogP) is 2.70. The van der Waals surface area contributed by atoms with Gasteiger partial charge >= 0.3 is 0 Å². The van der Waals surface area contributed by atoms with Crippen molar-refractivity contribution in [1.82, 2.24) is 9.21 Å². The molecule has 1 amide bonds. The van der Waals surface area contributed by atoms with E-state index in [1.807, 2.05) is 0 Å². The Balaban J connectivity index is 0.00000392. The molecular weight excluding hydrogens is 435 g/mol. The minimum atomic E-state index is -3.54. The number of unbranched alkanes of at least 4 members (excludes halogenated alkanes) is 3. The van der Waals surface area contributed by atoms with Gasteiger partial charge in [0.1, 0.15) is 0 Å². The van der Waals surface area contributed by atoms with Crippen molar-refractivity contribution in [2.24, 2.45) is 5.73 Å². The predicted molar refractivity (Wildman–Crippen MR) is 123 cm³/mol. The maximum absolute atomic E-state index is 12.9. The van der Waals surface area contributed by atoms with E-state index in [1.165, 1.54) is 4.31 Å². The molecule has 0 atom stereocenters. The zero-order valence-corrected chi connectivity index (χ0v) is 19.5. The van der Waals surface area contributed by atoms with Crippen LogP contribution in [-0.4, -0.2) is 62.8 Å². The van der Waals surface area contributed by atoms with Crippen molar-refractivity contribution in [3.63, 3.8) is 0 Å². The van der Waals surface area contributed by atoms with E-state index in [0.717, 1.165) is 45.3 Å². The van der Waals surface area contributed by atoms with Gasteiger partial charge in [-0.1, -0.05) is 25.8 Å². The van der Waals surface area contributed by atoms with Crippen molar-refractivity contribution in [1.29, 1.82) is 0 Å². The molecule has 168 valence electrons. The summed E-state index contributed by atoms with van der Waals surface area (Å²) in [6, 6.07) is 6.53. The van der Waals surface area contributed by atoms with Gasteiger partial charge in [0.05, 0.1) is 4.90 Å². The van der Waals surface area contributed by atoms with Crippen molar-refractivity contribution in [2.45, 2.75) is 43.9 Å². The summed E-state index contributed by atoms with van der Waals surface area (Å²) in [6.45, 7) is 6.18. The highest BCUT2D eigenvalue weighted by molar-refractivity contribution is 7.89. The largest absolute Gasteiger partial charge is 0.330 e. The molecule has 1 aromatic rings. The normalized spacial score (nSPS) is 15.2. The van der Waals surface area contributed by atoms with Gasteiger partial charge in [0.25, 0.3) is 0 Å². The minimum absolute atomic E-state index is 0. The van der Waals surface area contributed by atoms with E-state index in [-0.39, 0.29) is 35.6 Å². The number of carbonyl (C=O) groups is 1. The molecule has 0 bridgehead atoms. The van der Waals surface area contributed by atoms with Gasteiger partial charge in [-0.25, -0.2) is 8.42 Å². The molecule has 0 saturated carbocycles. The first-order valence-electron chi connectivity index (χ1n) is 9.80. The summed E-state index contributed by atoms with van der Waals surface area (Å²) >= 11 is 0. The van der Waals surface area contributed by atoms with Gasteiger partial charge in [-0.2, -0.15) is 4.31 Å². The molecule has 10 heteroatoms. The highest BCUT2D eigenvalue weighted by Gasteiger charge is 2.28. The average molecular weight is 469 g/mol. The maximum Gasteiger partial charge on any atom is 0.243 e. The molecule has 0 aliphatic carbocycles. The third-order valence-corrected chi connectivity index (χ3v) is 6.79. The Morgan fingerprint density at radius 1 is 1.07 bits per heavy atom. The minimum Gasteiger partial charge on any atom is -0.330 e. The Labute approximate surface area is 187 Å². The zero-order chi connectivity index (χ0) is 19.7. The van der Waals surface area contributed by atoms with Gasteiger partial charge in [0.2, 0.25) is 15.9 Å². The third-order valence-electron chi connectivity index (χ3n) is 4.89. The second kappa shape index (κ2) is 14.2. The first kappa shape index (κ1) is 28.1. The number of benzene rings is 1. The standard InChI is InChI=1S/C19H32N4O3S.2ClH/c1-2-22-12-14-23(15-13-22)27(25,26)18-9-7-8-17(16-18)21-19(24)10-5-3-4-6-11-20;;/h7-9,16H,2-6,10-15,20H2,1H3,(H,21,24);2*1H. The van der Waals surface area contributed by atoms with Crippen LogP contribution in [0.15, 0.2) is 29.2 Å². The Bertz CT molecular complexity index is 711. The Morgan fingerprint density at radius 3 is 2.34 bits per heavy atom. The molecule has 1 heterocycles. The quantitative estimate of drug-likeness (QED) is 0.514. The molecule has 29 heavy (non-hydrogen) atoms. The molecule has 3 N–H and O–H groups in total. The van der Waals surface area contributed by atoms with Crippen LogP contribution in [0.1, 0.15) is 39.0 Å². The van der Waals surface area contributed by atoms with Gasteiger partial charge in [-0.3, -0.25) is 4.79 Å². The Morgan fingerprint density at radius 2 is 1.72 bits per heavy atom. The maximum atomic E-state index is 12.9. The summed E-state index contributed by atoms with van der Waals surface area (Å²) in [6.07, 6.45) is 4.23. The fourth-order valence-corrected chi connectivity index (χ4v) is 4.65. The van der Waals surface area contributed by atoms with Crippen LogP contribution in [0.3, 0.4) is 0 Å². The van der Waals surface area contributed by atoms with E-state index in [1.54, 1.807) is 24.3 Å². The number of nitrogens with two attached hydrogens (primary N) is 1. The van der Waals surface area contributed by atoms with Gasteiger partial charge < -0.3 is 16.0 Å². The number of piperazine rings is 1. The van der Waals surface area contributed by atoms with Crippen molar-refractivity contribution in [3.8, 4) is 0 Å². The molecule has 2 rings (SSSR count). The lowest BCUT2D eigenvalue weighted by molar-refractivity contribution is -0.116. The number of nitrogens with one attached hydrogen (secondary N) is 1. The van der Waals surface area contributed by atoms with Crippen LogP contribution in [-0.2, 0) is 14.8 Å². The van der Waals surface area contributed by atoms with E-state index in [0.29, 0.717) is 31.7 Å².